The summed E-state index contributed by atoms with van der Waals surface area (Å²) in [6.07, 6.45) is 13.8. The van der Waals surface area contributed by atoms with Crippen LogP contribution in [0.5, 0.6) is 0 Å². The zero-order chi connectivity index (χ0) is 25.2. The van der Waals surface area contributed by atoms with E-state index in [4.69, 9.17) is 5.26 Å². The summed E-state index contributed by atoms with van der Waals surface area (Å²) < 4.78 is 0. The standard InChI is InChI=1S/C30H50O4/c1-26(2,34-33)15-8-9-20(19-31)21-12-17-30(7)23-10-11-24-27(3,4)25(32)14-16-28(24,5)22(23)13-18-29(21,30)6/h8,15,20-21,24-25,31-33H,9-14,16-19H2,1-7H3/b15-8+/t20-,21+,24-,25-,28+,29+,30-/m0/s1. The minimum atomic E-state index is -0.700. The Morgan fingerprint density at radius 1 is 1.00 bits per heavy atom. The number of hydrogen-bond donors (Lipinski definition) is 3. The van der Waals surface area contributed by atoms with E-state index in [0.717, 1.165) is 19.3 Å². The second-order valence-corrected chi connectivity index (χ2v) is 14.0. The summed E-state index contributed by atoms with van der Waals surface area (Å²) in [6.45, 7) is 16.1. The number of rotatable bonds is 6. The van der Waals surface area contributed by atoms with Crippen LogP contribution in [-0.2, 0) is 4.89 Å². The van der Waals surface area contributed by atoms with E-state index < -0.39 is 5.60 Å². The molecule has 4 heteroatoms. The fourth-order valence-electron chi connectivity index (χ4n) is 9.40. The highest BCUT2D eigenvalue weighted by Gasteiger charge is 2.63. The normalized spacial score (nSPS) is 42.9. The first kappa shape index (κ1) is 26.4. The first-order valence-electron chi connectivity index (χ1n) is 13.8. The van der Waals surface area contributed by atoms with Crippen LogP contribution in [0, 0.1) is 39.4 Å². The third-order valence-corrected chi connectivity index (χ3v) is 11.8. The van der Waals surface area contributed by atoms with Gasteiger partial charge in [0.1, 0.15) is 5.60 Å². The van der Waals surface area contributed by atoms with Gasteiger partial charge in [-0.15, -0.1) is 0 Å². The molecule has 194 valence electrons. The van der Waals surface area contributed by atoms with Crippen molar-refractivity contribution in [3.8, 4) is 0 Å². The van der Waals surface area contributed by atoms with Crippen molar-refractivity contribution in [2.75, 3.05) is 6.61 Å². The molecule has 3 N–H and O–H groups in total. The van der Waals surface area contributed by atoms with E-state index in [0.29, 0.717) is 11.8 Å². The van der Waals surface area contributed by atoms with Crippen molar-refractivity contribution in [1.82, 2.24) is 0 Å². The number of aliphatic hydroxyl groups is 2. The molecule has 2 fully saturated rings. The van der Waals surface area contributed by atoms with E-state index >= 15 is 0 Å². The second-order valence-electron chi connectivity index (χ2n) is 14.0. The predicted molar refractivity (Wildman–Crippen MR) is 137 cm³/mol. The molecule has 0 aromatic heterocycles. The van der Waals surface area contributed by atoms with Gasteiger partial charge in [0.2, 0.25) is 0 Å². The molecule has 2 saturated carbocycles. The van der Waals surface area contributed by atoms with Crippen molar-refractivity contribution in [1.29, 1.82) is 0 Å². The summed E-state index contributed by atoms with van der Waals surface area (Å²) >= 11 is 0. The molecular formula is C30H50O4. The zero-order valence-corrected chi connectivity index (χ0v) is 22.8. The Labute approximate surface area is 207 Å². The van der Waals surface area contributed by atoms with Gasteiger partial charge < -0.3 is 10.2 Å². The maximum atomic E-state index is 10.8. The van der Waals surface area contributed by atoms with Crippen molar-refractivity contribution in [2.45, 2.75) is 118 Å². The van der Waals surface area contributed by atoms with E-state index in [2.05, 4.69) is 45.6 Å². The molecule has 0 aromatic carbocycles. The van der Waals surface area contributed by atoms with Crippen LogP contribution in [0.2, 0.25) is 0 Å². The Morgan fingerprint density at radius 3 is 2.35 bits per heavy atom. The molecule has 0 radical (unpaired) electrons. The van der Waals surface area contributed by atoms with Gasteiger partial charge in [-0.2, -0.15) is 0 Å². The number of hydrogen-bond acceptors (Lipinski definition) is 4. The molecule has 0 aliphatic heterocycles. The van der Waals surface area contributed by atoms with Gasteiger partial charge in [0, 0.05) is 6.61 Å². The number of aliphatic hydroxyl groups excluding tert-OH is 2. The molecule has 7 atom stereocenters. The summed E-state index contributed by atoms with van der Waals surface area (Å²) in [6, 6.07) is 0. The molecule has 0 aromatic rings. The summed E-state index contributed by atoms with van der Waals surface area (Å²) in [4.78, 5) is 4.56. The fraction of sp³-hybridized carbons (Fsp3) is 0.867. The quantitative estimate of drug-likeness (QED) is 0.222. The molecular weight excluding hydrogens is 424 g/mol. The Hall–Kier alpha value is -0.680. The monoisotopic (exact) mass is 474 g/mol. The van der Waals surface area contributed by atoms with E-state index in [1.165, 1.54) is 38.5 Å². The zero-order valence-electron chi connectivity index (χ0n) is 22.8. The number of fused-ring (bicyclic) bond motifs is 4. The highest BCUT2D eigenvalue weighted by Crippen LogP contribution is 2.72. The van der Waals surface area contributed by atoms with Gasteiger partial charge in [-0.1, -0.05) is 57.9 Å². The van der Waals surface area contributed by atoms with Gasteiger partial charge in [-0.05, 0) is 111 Å². The van der Waals surface area contributed by atoms with Crippen LogP contribution >= 0.6 is 0 Å². The molecule has 0 bridgehead atoms. The Kier molecular flexibility index (Phi) is 6.76. The van der Waals surface area contributed by atoms with Gasteiger partial charge in [0.05, 0.1) is 6.10 Å². The summed E-state index contributed by atoms with van der Waals surface area (Å²) in [5, 5.41) is 30.3. The molecule has 0 unspecified atom stereocenters. The molecule has 0 amide bonds. The maximum absolute atomic E-state index is 10.8. The summed E-state index contributed by atoms with van der Waals surface area (Å²) in [5.41, 5.74) is 3.38. The molecule has 34 heavy (non-hydrogen) atoms. The SMILES string of the molecule is CC(C)(/C=C/C[C@@H](CO)[C@H]1CC[C@@]2(C)C3=C(CC[C@]12C)[C@@]1(C)CC[C@H](O)C(C)(C)[C@@H]1CC3)OO. The van der Waals surface area contributed by atoms with Crippen LogP contribution in [0.3, 0.4) is 0 Å². The smallest absolute Gasteiger partial charge is 0.116 e. The average molecular weight is 475 g/mol. The highest BCUT2D eigenvalue weighted by molar-refractivity contribution is 5.38. The Morgan fingerprint density at radius 2 is 1.71 bits per heavy atom. The lowest BCUT2D eigenvalue weighted by Gasteiger charge is -2.62. The van der Waals surface area contributed by atoms with Crippen molar-refractivity contribution < 1.29 is 20.4 Å². The number of allylic oxidation sites excluding steroid dienone is 3. The minimum absolute atomic E-state index is 0.0220. The third kappa shape index (κ3) is 3.78. The van der Waals surface area contributed by atoms with Crippen LogP contribution in [0.15, 0.2) is 23.3 Å². The predicted octanol–water partition coefficient (Wildman–Crippen LogP) is 6.92. The van der Waals surface area contributed by atoms with Gasteiger partial charge in [0.25, 0.3) is 0 Å². The van der Waals surface area contributed by atoms with E-state index in [-0.39, 0.29) is 40.3 Å². The van der Waals surface area contributed by atoms with E-state index in [9.17, 15) is 10.2 Å². The van der Waals surface area contributed by atoms with Crippen molar-refractivity contribution >= 4 is 0 Å². The van der Waals surface area contributed by atoms with Crippen molar-refractivity contribution in [3.05, 3.63) is 23.3 Å². The van der Waals surface area contributed by atoms with Crippen LogP contribution in [0.1, 0.15) is 106 Å². The van der Waals surface area contributed by atoms with E-state index in [1.807, 2.05) is 19.9 Å². The van der Waals surface area contributed by atoms with Crippen molar-refractivity contribution in [2.24, 2.45) is 39.4 Å². The fourth-order valence-corrected chi connectivity index (χ4v) is 9.40. The van der Waals surface area contributed by atoms with Gasteiger partial charge >= 0.3 is 0 Å². The Balaban J connectivity index is 1.64. The van der Waals surface area contributed by atoms with Crippen LogP contribution in [0.25, 0.3) is 0 Å². The lowest BCUT2D eigenvalue weighted by molar-refractivity contribution is -0.297. The molecule has 0 heterocycles. The average Bonchev–Trinajstić information content (AvgIpc) is 3.06. The summed E-state index contributed by atoms with van der Waals surface area (Å²) in [7, 11) is 0. The van der Waals surface area contributed by atoms with Gasteiger partial charge in [-0.3, -0.25) is 5.26 Å². The minimum Gasteiger partial charge on any atom is -0.396 e. The second kappa shape index (κ2) is 8.71. The molecule has 4 rings (SSSR count). The molecule has 0 spiro atoms. The molecule has 4 aliphatic carbocycles. The lowest BCUT2D eigenvalue weighted by atomic mass is 9.43. The topological polar surface area (TPSA) is 69.9 Å². The van der Waals surface area contributed by atoms with E-state index in [1.54, 1.807) is 11.1 Å². The van der Waals surface area contributed by atoms with Crippen LogP contribution in [-0.4, -0.2) is 33.8 Å². The van der Waals surface area contributed by atoms with Gasteiger partial charge in [-0.25, -0.2) is 4.89 Å². The van der Waals surface area contributed by atoms with Crippen LogP contribution in [0.4, 0.5) is 0 Å². The van der Waals surface area contributed by atoms with Crippen LogP contribution < -0.4 is 0 Å². The lowest BCUT2D eigenvalue weighted by Crippen LogP contribution is -2.55. The summed E-state index contributed by atoms with van der Waals surface area (Å²) in [5.74, 6) is 1.28. The first-order valence-corrected chi connectivity index (χ1v) is 13.8. The Bertz CT molecular complexity index is 841. The largest absolute Gasteiger partial charge is 0.396 e. The highest BCUT2D eigenvalue weighted by atomic mass is 17.1. The van der Waals surface area contributed by atoms with Gasteiger partial charge in [0.15, 0.2) is 0 Å². The maximum Gasteiger partial charge on any atom is 0.116 e. The molecule has 4 nitrogen and oxygen atoms in total. The first-order chi connectivity index (χ1) is 15.8. The third-order valence-electron chi connectivity index (χ3n) is 11.8. The molecule has 0 saturated heterocycles. The molecule has 4 aliphatic rings. The van der Waals surface area contributed by atoms with Crippen molar-refractivity contribution in [3.63, 3.8) is 0 Å².